The molecule has 0 fully saturated rings. The highest BCUT2D eigenvalue weighted by Gasteiger charge is 2.17. The van der Waals surface area contributed by atoms with Crippen LogP contribution in [0.15, 0.2) is 59.8 Å². The second kappa shape index (κ2) is 7.66. The molecule has 0 aliphatic rings. The number of thioether (sulfide) groups is 1. The smallest absolute Gasteiger partial charge is 0.191 e. The third-order valence-corrected chi connectivity index (χ3v) is 6.89. The van der Waals surface area contributed by atoms with Gasteiger partial charge in [-0.25, -0.2) is 0 Å². The SMILES string of the molecule is Cc1c(C(=O)CSc2nnc(Cc3ccccc3)n2C)sc2ccccc12. The normalized spacial score (nSPS) is 11.2. The average Bonchev–Trinajstić information content (AvgIpc) is 3.21. The number of rotatable bonds is 6. The third kappa shape index (κ3) is 3.68. The molecule has 2 aromatic carbocycles. The Labute approximate surface area is 166 Å². The molecule has 0 aliphatic heterocycles. The molecular weight excluding hydrogens is 374 g/mol. The predicted molar refractivity (Wildman–Crippen MR) is 112 cm³/mol. The number of fused-ring (bicyclic) bond motifs is 1. The number of thiophene rings is 1. The fourth-order valence-electron chi connectivity index (χ4n) is 3.04. The maximum Gasteiger partial charge on any atom is 0.191 e. The van der Waals surface area contributed by atoms with Gasteiger partial charge >= 0.3 is 0 Å². The molecule has 0 radical (unpaired) electrons. The number of Topliss-reactive ketones (excluding diaryl/α,β-unsaturated/α-hetero) is 1. The van der Waals surface area contributed by atoms with Crippen LogP contribution in [-0.2, 0) is 13.5 Å². The van der Waals surface area contributed by atoms with Gasteiger partial charge in [0.15, 0.2) is 10.9 Å². The van der Waals surface area contributed by atoms with Crippen molar-refractivity contribution in [3.05, 3.63) is 76.4 Å². The van der Waals surface area contributed by atoms with Gasteiger partial charge in [0, 0.05) is 18.2 Å². The topological polar surface area (TPSA) is 47.8 Å². The van der Waals surface area contributed by atoms with E-state index in [9.17, 15) is 4.79 Å². The highest BCUT2D eigenvalue weighted by atomic mass is 32.2. The van der Waals surface area contributed by atoms with Gasteiger partial charge in [-0.2, -0.15) is 0 Å². The summed E-state index contributed by atoms with van der Waals surface area (Å²) in [5.41, 5.74) is 2.27. The maximum atomic E-state index is 12.7. The number of benzene rings is 2. The van der Waals surface area contributed by atoms with Crippen LogP contribution in [0.1, 0.15) is 26.6 Å². The molecule has 6 heteroatoms. The van der Waals surface area contributed by atoms with E-state index in [4.69, 9.17) is 0 Å². The molecule has 4 aromatic rings. The van der Waals surface area contributed by atoms with E-state index in [1.807, 2.05) is 48.9 Å². The molecule has 0 atom stereocenters. The van der Waals surface area contributed by atoms with Crippen molar-refractivity contribution in [3.8, 4) is 0 Å². The zero-order valence-electron chi connectivity index (χ0n) is 15.2. The molecule has 0 saturated carbocycles. The van der Waals surface area contributed by atoms with E-state index in [0.29, 0.717) is 5.75 Å². The van der Waals surface area contributed by atoms with Crippen LogP contribution in [0, 0.1) is 6.92 Å². The van der Waals surface area contributed by atoms with Crippen molar-refractivity contribution in [1.82, 2.24) is 14.8 Å². The third-order valence-electron chi connectivity index (χ3n) is 4.56. The fourth-order valence-corrected chi connectivity index (χ4v) is 5.08. The summed E-state index contributed by atoms with van der Waals surface area (Å²) in [6.07, 6.45) is 0.730. The molecule has 2 aromatic heterocycles. The summed E-state index contributed by atoms with van der Waals surface area (Å²) in [7, 11) is 1.95. The summed E-state index contributed by atoms with van der Waals surface area (Å²) in [5.74, 6) is 1.41. The van der Waals surface area contributed by atoms with Crippen molar-refractivity contribution in [1.29, 1.82) is 0 Å². The summed E-state index contributed by atoms with van der Waals surface area (Å²) in [6.45, 7) is 2.02. The number of aromatic nitrogens is 3. The number of ketones is 1. The lowest BCUT2D eigenvalue weighted by molar-refractivity contribution is 0.102. The molecule has 136 valence electrons. The van der Waals surface area contributed by atoms with E-state index >= 15 is 0 Å². The minimum absolute atomic E-state index is 0.145. The van der Waals surface area contributed by atoms with E-state index < -0.39 is 0 Å². The van der Waals surface area contributed by atoms with E-state index in [-0.39, 0.29) is 5.78 Å². The van der Waals surface area contributed by atoms with Gasteiger partial charge in [-0.15, -0.1) is 21.5 Å². The monoisotopic (exact) mass is 393 g/mol. The Kier molecular flexibility index (Phi) is 5.09. The Hall–Kier alpha value is -2.44. The molecular formula is C21H19N3OS2. The van der Waals surface area contributed by atoms with Crippen LogP contribution in [0.4, 0.5) is 0 Å². The van der Waals surface area contributed by atoms with Gasteiger partial charge in [0.2, 0.25) is 0 Å². The summed E-state index contributed by atoms with van der Waals surface area (Å²) < 4.78 is 3.13. The van der Waals surface area contributed by atoms with Crippen molar-refractivity contribution in [2.75, 3.05) is 5.75 Å². The number of hydrogen-bond donors (Lipinski definition) is 0. The first kappa shape index (κ1) is 17.9. The van der Waals surface area contributed by atoms with Crippen molar-refractivity contribution in [2.45, 2.75) is 18.5 Å². The van der Waals surface area contributed by atoms with Crippen LogP contribution < -0.4 is 0 Å². The van der Waals surface area contributed by atoms with Gasteiger partial charge in [0.1, 0.15) is 5.82 Å². The van der Waals surface area contributed by atoms with Crippen LogP contribution in [0.25, 0.3) is 10.1 Å². The predicted octanol–water partition coefficient (Wildman–Crippen LogP) is 4.90. The highest BCUT2D eigenvalue weighted by molar-refractivity contribution is 7.99. The standard InChI is InChI=1S/C21H19N3OS2/c1-14-16-10-6-7-11-18(16)27-20(14)17(25)13-26-21-23-22-19(24(21)2)12-15-8-4-3-5-9-15/h3-11H,12-13H2,1-2H3. The van der Waals surface area contributed by atoms with Crippen molar-refractivity contribution in [2.24, 2.45) is 7.05 Å². The number of nitrogens with zero attached hydrogens (tertiary/aromatic N) is 3. The van der Waals surface area contributed by atoms with E-state index in [1.54, 1.807) is 11.3 Å². The van der Waals surface area contributed by atoms with Crippen molar-refractivity contribution in [3.63, 3.8) is 0 Å². The van der Waals surface area contributed by atoms with E-state index in [2.05, 4.69) is 34.5 Å². The Morgan fingerprint density at radius 2 is 1.81 bits per heavy atom. The largest absolute Gasteiger partial charge is 0.309 e. The molecule has 0 bridgehead atoms. The van der Waals surface area contributed by atoms with Crippen LogP contribution in [0.3, 0.4) is 0 Å². The lowest BCUT2D eigenvalue weighted by Gasteiger charge is -2.04. The molecule has 0 saturated heterocycles. The van der Waals surface area contributed by atoms with Crippen LogP contribution in [-0.4, -0.2) is 26.3 Å². The molecule has 0 amide bonds. The molecule has 0 N–H and O–H groups in total. The Morgan fingerprint density at radius 1 is 1.07 bits per heavy atom. The quantitative estimate of drug-likeness (QED) is 0.345. The molecule has 27 heavy (non-hydrogen) atoms. The average molecular weight is 394 g/mol. The summed E-state index contributed by atoms with van der Waals surface area (Å²) in [4.78, 5) is 13.6. The van der Waals surface area contributed by atoms with Gasteiger partial charge in [0.05, 0.1) is 10.6 Å². The number of carbonyl (C=O) groups is 1. The molecule has 0 spiro atoms. The van der Waals surface area contributed by atoms with Gasteiger partial charge < -0.3 is 4.57 Å². The Morgan fingerprint density at radius 3 is 2.59 bits per heavy atom. The van der Waals surface area contributed by atoms with Gasteiger partial charge in [0.25, 0.3) is 0 Å². The minimum atomic E-state index is 0.145. The first-order valence-electron chi connectivity index (χ1n) is 8.70. The summed E-state index contributed by atoms with van der Waals surface area (Å²) >= 11 is 3.02. The minimum Gasteiger partial charge on any atom is -0.309 e. The second-order valence-corrected chi connectivity index (χ2v) is 8.38. The first-order valence-corrected chi connectivity index (χ1v) is 10.5. The van der Waals surface area contributed by atoms with Crippen LogP contribution >= 0.6 is 23.1 Å². The lowest BCUT2D eigenvalue weighted by Crippen LogP contribution is -2.04. The first-order chi connectivity index (χ1) is 13.1. The number of hydrogen-bond acceptors (Lipinski definition) is 5. The highest BCUT2D eigenvalue weighted by Crippen LogP contribution is 2.32. The Balaban J connectivity index is 1.47. The molecule has 0 aliphatic carbocycles. The fraction of sp³-hybridized carbons (Fsp3) is 0.190. The van der Waals surface area contributed by atoms with E-state index in [1.165, 1.54) is 22.7 Å². The summed E-state index contributed by atoms with van der Waals surface area (Å²) in [5, 5.41) is 10.5. The van der Waals surface area contributed by atoms with Crippen molar-refractivity contribution >= 4 is 39.0 Å². The number of aryl methyl sites for hydroxylation is 1. The van der Waals surface area contributed by atoms with Gasteiger partial charge in [-0.1, -0.05) is 60.3 Å². The zero-order valence-corrected chi connectivity index (χ0v) is 16.8. The van der Waals surface area contributed by atoms with Crippen LogP contribution in [0.5, 0.6) is 0 Å². The lowest BCUT2D eigenvalue weighted by atomic mass is 10.1. The van der Waals surface area contributed by atoms with Gasteiger partial charge in [-0.05, 0) is 29.5 Å². The maximum absolute atomic E-state index is 12.7. The second-order valence-electron chi connectivity index (χ2n) is 6.38. The van der Waals surface area contributed by atoms with Crippen molar-refractivity contribution < 1.29 is 4.79 Å². The number of carbonyl (C=O) groups excluding carboxylic acids is 1. The molecule has 4 rings (SSSR count). The van der Waals surface area contributed by atoms with Crippen LogP contribution in [0.2, 0.25) is 0 Å². The zero-order chi connectivity index (χ0) is 18.8. The van der Waals surface area contributed by atoms with E-state index in [0.717, 1.165) is 32.5 Å². The molecule has 2 heterocycles. The summed E-state index contributed by atoms with van der Waals surface area (Å²) in [6, 6.07) is 18.4. The molecule has 4 nitrogen and oxygen atoms in total. The van der Waals surface area contributed by atoms with Gasteiger partial charge in [-0.3, -0.25) is 4.79 Å². The Bertz CT molecular complexity index is 1100. The molecule has 0 unspecified atom stereocenters.